The van der Waals surface area contributed by atoms with E-state index in [9.17, 15) is 9.59 Å². The van der Waals surface area contributed by atoms with Crippen molar-refractivity contribution in [3.63, 3.8) is 0 Å². The molecular weight excluding hydrogens is 454 g/mol. The second-order valence-electron chi connectivity index (χ2n) is 7.66. The fraction of sp³-hybridized carbons (Fsp3) is 0.192. The third-order valence-corrected chi connectivity index (χ3v) is 5.52. The second-order valence-corrected chi connectivity index (χ2v) is 7.66. The van der Waals surface area contributed by atoms with Gasteiger partial charge in [-0.2, -0.15) is 0 Å². The molecule has 7 nitrogen and oxygen atoms in total. The molecule has 0 spiro atoms. The molecule has 0 atom stereocenters. The number of hydrogen-bond donors (Lipinski definition) is 1. The van der Waals surface area contributed by atoms with E-state index in [0.29, 0.717) is 35.4 Å². The maximum Gasteiger partial charge on any atom is 0.261 e. The van der Waals surface area contributed by atoms with Crippen LogP contribution in [-0.4, -0.2) is 29.7 Å². The van der Waals surface area contributed by atoms with Crippen LogP contribution in [0.15, 0.2) is 71.5 Å². The van der Waals surface area contributed by atoms with Crippen molar-refractivity contribution in [2.75, 3.05) is 14.2 Å². The van der Waals surface area contributed by atoms with Gasteiger partial charge in [0.2, 0.25) is 0 Å². The number of ether oxygens (including phenoxy) is 2. The van der Waals surface area contributed by atoms with Gasteiger partial charge in [0.25, 0.3) is 11.5 Å². The fourth-order valence-corrected chi connectivity index (χ4v) is 3.60. The van der Waals surface area contributed by atoms with Crippen LogP contribution in [0.1, 0.15) is 27.3 Å². The number of carbonyl (C=O) groups excluding carboxylic acids is 1. The molecule has 1 N–H and O–H groups in total. The molecule has 0 saturated carbocycles. The molecule has 176 valence electrons. The minimum Gasteiger partial charge on any atom is -0.497 e. The molecule has 1 aromatic heterocycles. The van der Waals surface area contributed by atoms with E-state index in [-0.39, 0.29) is 23.9 Å². The van der Waals surface area contributed by atoms with Gasteiger partial charge in [0, 0.05) is 12.1 Å². The molecule has 34 heavy (non-hydrogen) atoms. The van der Waals surface area contributed by atoms with Crippen LogP contribution >= 0.6 is 12.4 Å². The van der Waals surface area contributed by atoms with Gasteiger partial charge < -0.3 is 14.8 Å². The zero-order valence-corrected chi connectivity index (χ0v) is 20.0. The van der Waals surface area contributed by atoms with Gasteiger partial charge in [-0.25, -0.2) is 4.98 Å². The molecule has 3 aromatic carbocycles. The SMILES string of the molecule is COc1ccc(CNC(=O)c2ccc3nc(C)n(Cc4ccc(OC)cc4)c(=O)c3c2)cc1.Cl. The number of benzene rings is 3. The molecule has 0 aliphatic rings. The topological polar surface area (TPSA) is 82.4 Å². The average molecular weight is 480 g/mol. The van der Waals surface area contributed by atoms with Crippen molar-refractivity contribution in [2.24, 2.45) is 0 Å². The predicted octanol–water partition coefficient (Wildman–Crippen LogP) is 4.12. The second kappa shape index (κ2) is 10.9. The minimum absolute atomic E-state index is 0. The smallest absolute Gasteiger partial charge is 0.261 e. The Kier molecular flexibility index (Phi) is 7.91. The molecule has 0 radical (unpaired) electrons. The van der Waals surface area contributed by atoms with Gasteiger partial charge in [0.1, 0.15) is 17.3 Å². The summed E-state index contributed by atoms with van der Waals surface area (Å²) in [5, 5.41) is 3.30. The van der Waals surface area contributed by atoms with Gasteiger partial charge in [0.05, 0.1) is 31.7 Å². The van der Waals surface area contributed by atoms with Gasteiger partial charge in [-0.1, -0.05) is 24.3 Å². The van der Waals surface area contributed by atoms with Gasteiger partial charge in [-0.3, -0.25) is 14.2 Å². The summed E-state index contributed by atoms with van der Waals surface area (Å²) in [7, 11) is 3.22. The Morgan fingerprint density at radius 3 is 2.09 bits per heavy atom. The van der Waals surface area contributed by atoms with Crippen molar-refractivity contribution in [1.82, 2.24) is 14.9 Å². The molecule has 1 amide bonds. The van der Waals surface area contributed by atoms with E-state index in [4.69, 9.17) is 9.47 Å². The fourth-order valence-electron chi connectivity index (χ4n) is 3.60. The van der Waals surface area contributed by atoms with Gasteiger partial charge >= 0.3 is 0 Å². The van der Waals surface area contributed by atoms with E-state index in [1.165, 1.54) is 0 Å². The third-order valence-electron chi connectivity index (χ3n) is 5.52. The summed E-state index contributed by atoms with van der Waals surface area (Å²) in [5.74, 6) is 1.87. The number of nitrogens with one attached hydrogen (secondary N) is 1. The summed E-state index contributed by atoms with van der Waals surface area (Å²) in [6, 6.07) is 20.0. The Balaban J connectivity index is 0.00000324. The van der Waals surface area contributed by atoms with Gasteiger partial charge in [-0.05, 0) is 60.5 Å². The van der Waals surface area contributed by atoms with Crippen molar-refractivity contribution in [3.8, 4) is 11.5 Å². The molecule has 0 fully saturated rings. The Morgan fingerprint density at radius 2 is 1.50 bits per heavy atom. The Labute approximate surface area is 203 Å². The number of rotatable bonds is 7. The van der Waals surface area contributed by atoms with E-state index in [0.717, 1.165) is 22.6 Å². The molecule has 4 rings (SSSR count). The molecule has 0 unspecified atom stereocenters. The van der Waals surface area contributed by atoms with Crippen molar-refractivity contribution >= 4 is 29.2 Å². The highest BCUT2D eigenvalue weighted by molar-refractivity contribution is 5.97. The number of amides is 1. The number of carbonyl (C=O) groups is 1. The van der Waals surface area contributed by atoms with Crippen LogP contribution in [0.5, 0.6) is 11.5 Å². The first-order valence-electron chi connectivity index (χ1n) is 10.5. The van der Waals surface area contributed by atoms with Crippen molar-refractivity contribution < 1.29 is 14.3 Å². The summed E-state index contributed by atoms with van der Waals surface area (Å²) in [5.41, 5.74) is 2.70. The van der Waals surface area contributed by atoms with Crippen LogP contribution < -0.4 is 20.3 Å². The van der Waals surface area contributed by atoms with E-state index in [1.807, 2.05) is 48.5 Å². The van der Waals surface area contributed by atoms with Crippen LogP contribution in [0, 0.1) is 6.92 Å². The standard InChI is InChI=1S/C26H25N3O4.ClH/c1-17-28-24-13-8-20(25(30)27-15-18-4-9-21(32-2)10-5-18)14-23(24)26(31)29(17)16-19-6-11-22(33-3)12-7-19;/h4-14H,15-16H2,1-3H3,(H,27,30);1H. The summed E-state index contributed by atoms with van der Waals surface area (Å²) in [6.45, 7) is 2.56. The lowest BCUT2D eigenvalue weighted by atomic mass is 10.1. The summed E-state index contributed by atoms with van der Waals surface area (Å²) < 4.78 is 12.0. The van der Waals surface area contributed by atoms with Crippen molar-refractivity contribution in [1.29, 1.82) is 0 Å². The normalized spacial score (nSPS) is 10.4. The van der Waals surface area contributed by atoms with Crippen molar-refractivity contribution in [3.05, 3.63) is 99.6 Å². The predicted molar refractivity (Wildman–Crippen MR) is 134 cm³/mol. The van der Waals surface area contributed by atoms with Crippen LogP contribution in [0.25, 0.3) is 10.9 Å². The van der Waals surface area contributed by atoms with Crippen LogP contribution in [0.3, 0.4) is 0 Å². The average Bonchev–Trinajstić information content (AvgIpc) is 2.85. The zero-order chi connectivity index (χ0) is 23.4. The summed E-state index contributed by atoms with van der Waals surface area (Å²) in [6.07, 6.45) is 0. The van der Waals surface area contributed by atoms with Crippen molar-refractivity contribution in [2.45, 2.75) is 20.0 Å². The Hall–Kier alpha value is -3.84. The molecule has 4 aromatic rings. The number of hydrogen-bond acceptors (Lipinski definition) is 5. The van der Waals surface area contributed by atoms with E-state index in [2.05, 4.69) is 10.3 Å². The molecule has 0 saturated heterocycles. The van der Waals surface area contributed by atoms with Crippen LogP contribution in [0.4, 0.5) is 0 Å². The van der Waals surface area contributed by atoms with E-state index in [1.54, 1.807) is 43.9 Å². The maximum absolute atomic E-state index is 13.2. The summed E-state index contributed by atoms with van der Waals surface area (Å²) in [4.78, 5) is 30.5. The zero-order valence-electron chi connectivity index (χ0n) is 19.2. The molecular formula is C26H26ClN3O4. The lowest BCUT2D eigenvalue weighted by molar-refractivity contribution is 0.0951. The van der Waals surface area contributed by atoms with Gasteiger partial charge in [-0.15, -0.1) is 12.4 Å². The minimum atomic E-state index is -0.255. The summed E-state index contributed by atoms with van der Waals surface area (Å²) >= 11 is 0. The first kappa shape index (κ1) is 24.8. The lowest BCUT2D eigenvalue weighted by Gasteiger charge is -2.12. The largest absolute Gasteiger partial charge is 0.497 e. The highest BCUT2D eigenvalue weighted by Gasteiger charge is 2.13. The first-order chi connectivity index (χ1) is 16.0. The number of methoxy groups -OCH3 is 2. The van der Waals surface area contributed by atoms with E-state index < -0.39 is 0 Å². The van der Waals surface area contributed by atoms with Gasteiger partial charge in [0.15, 0.2) is 0 Å². The highest BCUT2D eigenvalue weighted by Crippen LogP contribution is 2.16. The van der Waals surface area contributed by atoms with Crippen LogP contribution in [0.2, 0.25) is 0 Å². The van der Waals surface area contributed by atoms with Crippen LogP contribution in [-0.2, 0) is 13.1 Å². The van der Waals surface area contributed by atoms with E-state index >= 15 is 0 Å². The number of aromatic nitrogens is 2. The maximum atomic E-state index is 13.2. The Morgan fingerprint density at radius 1 is 0.912 bits per heavy atom. The monoisotopic (exact) mass is 479 g/mol. The quantitative estimate of drug-likeness (QED) is 0.431. The number of fused-ring (bicyclic) bond motifs is 1. The molecule has 0 aliphatic carbocycles. The molecule has 8 heteroatoms. The number of nitrogens with zero attached hydrogens (tertiary/aromatic N) is 2. The third kappa shape index (κ3) is 5.38. The number of aryl methyl sites for hydroxylation is 1. The highest BCUT2D eigenvalue weighted by atomic mass is 35.5. The molecule has 1 heterocycles. The number of halogens is 1. The lowest BCUT2D eigenvalue weighted by Crippen LogP contribution is -2.26. The Bertz CT molecular complexity index is 1350. The first-order valence-corrected chi connectivity index (χ1v) is 10.5. The molecule has 0 bridgehead atoms. The molecule has 0 aliphatic heterocycles.